The van der Waals surface area contributed by atoms with Gasteiger partial charge in [0.1, 0.15) is 0 Å². The van der Waals surface area contributed by atoms with Crippen LogP contribution in [0.1, 0.15) is 89.5 Å². The molecule has 1 radical (unpaired) electrons. The summed E-state index contributed by atoms with van der Waals surface area (Å²) in [6.45, 7) is 28.1. The molecule has 1 heteroatoms. The molecule has 0 aromatic carbocycles. The second kappa shape index (κ2) is 9.15. The molecule has 0 aromatic heterocycles. The Morgan fingerprint density at radius 1 is 0.645 bits per heavy atom. The van der Waals surface area contributed by atoms with E-state index in [1.807, 2.05) is 0 Å². The monoisotopic (exact) mass is 535 g/mol. The van der Waals surface area contributed by atoms with Crippen LogP contribution in [0.25, 0.3) is 0 Å². The molecule has 1 heterocycles. The van der Waals surface area contributed by atoms with Crippen LogP contribution in [0.5, 0.6) is 0 Å². The van der Waals surface area contributed by atoms with Crippen molar-refractivity contribution < 1.29 is 0 Å². The van der Waals surface area contributed by atoms with Crippen LogP contribution in [0.15, 0.2) is 68.4 Å². The minimum atomic E-state index is -0.266. The van der Waals surface area contributed by atoms with Crippen molar-refractivity contribution in [3.63, 3.8) is 0 Å². The zero-order valence-corrected chi connectivity index (χ0v) is 24.5. The molecule has 0 bridgehead atoms. The summed E-state index contributed by atoms with van der Waals surface area (Å²) in [6, 6.07) is 0. The summed E-state index contributed by atoms with van der Waals surface area (Å²) in [6.07, 6.45) is 17.7. The van der Waals surface area contributed by atoms with Crippen LogP contribution in [0.3, 0.4) is 0 Å². The number of rotatable bonds is 2. The van der Waals surface area contributed by atoms with Gasteiger partial charge in [-0.15, -0.1) is 0 Å². The van der Waals surface area contributed by atoms with E-state index in [4.69, 9.17) is 0 Å². The second-order valence-electron chi connectivity index (χ2n) is 13.2. The van der Waals surface area contributed by atoms with Gasteiger partial charge in [-0.05, 0) is 0 Å². The first kappa shape index (κ1) is 26.4. The SMILES string of the molecule is CC(C)(C)C1=CC(=CC=CC2=CC(C(C)(C)C)=[Te]C(C(C)(C)C)=C2)C=C(C(C)(C)C)C1. The zero-order chi connectivity index (χ0) is 23.8. The molecule has 0 atom stereocenters. The summed E-state index contributed by atoms with van der Waals surface area (Å²) >= 11 is -0.266. The quantitative estimate of drug-likeness (QED) is 0.312. The third kappa shape index (κ3) is 7.58. The van der Waals surface area contributed by atoms with E-state index in [0.717, 1.165) is 6.42 Å². The molecule has 0 amide bonds. The molecule has 0 N–H and O–H groups in total. The molecule has 0 nitrogen and oxygen atoms in total. The topological polar surface area (TPSA) is 0 Å². The normalized spacial score (nSPS) is 19.0. The fourth-order valence-electron chi connectivity index (χ4n) is 3.44. The van der Waals surface area contributed by atoms with Crippen molar-refractivity contribution >= 4 is 24.0 Å². The Morgan fingerprint density at radius 3 is 1.58 bits per heavy atom. The van der Waals surface area contributed by atoms with Crippen molar-refractivity contribution in [1.29, 1.82) is 0 Å². The average Bonchev–Trinajstić information content (AvgIpc) is 2.58. The van der Waals surface area contributed by atoms with Gasteiger partial charge >= 0.3 is 204 Å². The molecular formula is C30H45Te. The maximum atomic E-state index is 2.46. The van der Waals surface area contributed by atoms with E-state index in [2.05, 4.69) is 126 Å². The van der Waals surface area contributed by atoms with E-state index in [0.29, 0.717) is 0 Å². The van der Waals surface area contributed by atoms with Crippen molar-refractivity contribution in [3.05, 3.63) is 68.4 Å². The van der Waals surface area contributed by atoms with Crippen molar-refractivity contribution in [2.24, 2.45) is 21.7 Å². The van der Waals surface area contributed by atoms with Crippen LogP contribution in [0.4, 0.5) is 0 Å². The van der Waals surface area contributed by atoms with E-state index in [1.165, 1.54) is 22.3 Å². The van der Waals surface area contributed by atoms with Crippen LogP contribution in [-0.4, -0.2) is 24.0 Å². The van der Waals surface area contributed by atoms with Gasteiger partial charge in [-0.25, -0.2) is 0 Å². The van der Waals surface area contributed by atoms with Crippen LogP contribution in [0.2, 0.25) is 0 Å². The molecule has 2 aliphatic rings. The van der Waals surface area contributed by atoms with E-state index in [9.17, 15) is 0 Å². The van der Waals surface area contributed by atoms with Gasteiger partial charge in [-0.2, -0.15) is 0 Å². The molecule has 0 fully saturated rings. The standard InChI is InChI=1S/C30H45Te/c1-27(2,3)23-16-21(17-24(20-23)28(4,5)6)14-13-15-22-18-25(29(7,8)9)31-26(19-22)30(10,11)12/h13-19H,20H2,1-12H3. The molecule has 0 aromatic rings. The van der Waals surface area contributed by atoms with E-state index >= 15 is 0 Å². The van der Waals surface area contributed by atoms with Crippen molar-refractivity contribution in [2.75, 3.05) is 0 Å². The second-order valence-corrected chi connectivity index (χ2v) is 16.3. The Labute approximate surface area is 202 Å². The Kier molecular flexibility index (Phi) is 7.78. The first-order valence-electron chi connectivity index (χ1n) is 11.7. The van der Waals surface area contributed by atoms with Crippen LogP contribution >= 0.6 is 0 Å². The van der Waals surface area contributed by atoms with Gasteiger partial charge in [-0.1, -0.05) is 0 Å². The number of hydrogen-bond acceptors (Lipinski definition) is 0. The number of hydrogen-bond donors (Lipinski definition) is 0. The molecule has 1 aliphatic heterocycles. The van der Waals surface area contributed by atoms with Crippen molar-refractivity contribution in [1.82, 2.24) is 0 Å². The maximum absolute atomic E-state index is 2.46. The molecule has 171 valence electrons. The molecule has 0 saturated heterocycles. The van der Waals surface area contributed by atoms with Gasteiger partial charge in [0, 0.05) is 0 Å². The van der Waals surface area contributed by atoms with Crippen LogP contribution in [0, 0.1) is 21.7 Å². The van der Waals surface area contributed by atoms with Gasteiger partial charge in [0.25, 0.3) is 0 Å². The third-order valence-electron chi connectivity index (χ3n) is 5.86. The Balaban J connectivity index is 2.43. The van der Waals surface area contributed by atoms with Crippen LogP contribution in [-0.2, 0) is 0 Å². The van der Waals surface area contributed by atoms with Gasteiger partial charge < -0.3 is 0 Å². The third-order valence-corrected chi connectivity index (χ3v) is 11.3. The molecular weight excluding hydrogens is 488 g/mol. The predicted molar refractivity (Wildman–Crippen MR) is 143 cm³/mol. The summed E-state index contributed by atoms with van der Waals surface area (Å²) in [7, 11) is 0. The van der Waals surface area contributed by atoms with Gasteiger partial charge in [0.2, 0.25) is 0 Å². The first-order valence-corrected chi connectivity index (χ1v) is 14.0. The fourth-order valence-corrected chi connectivity index (χ4v) is 6.98. The summed E-state index contributed by atoms with van der Waals surface area (Å²) in [5.74, 6) is 0. The first-order chi connectivity index (χ1) is 13.9. The van der Waals surface area contributed by atoms with Gasteiger partial charge in [-0.3, -0.25) is 0 Å². The van der Waals surface area contributed by atoms with Crippen molar-refractivity contribution in [3.8, 4) is 0 Å². The van der Waals surface area contributed by atoms with E-state index in [-0.39, 0.29) is 42.1 Å². The zero-order valence-electron chi connectivity index (χ0n) is 22.2. The summed E-state index contributed by atoms with van der Waals surface area (Å²) in [4.78, 5) is 0. The summed E-state index contributed by atoms with van der Waals surface area (Å²) < 4.78 is 3.31. The van der Waals surface area contributed by atoms with Gasteiger partial charge in [0.15, 0.2) is 0 Å². The summed E-state index contributed by atoms with van der Waals surface area (Å²) in [5.41, 5.74) is 6.63. The summed E-state index contributed by atoms with van der Waals surface area (Å²) in [5, 5.41) is 0. The molecule has 0 spiro atoms. The minimum absolute atomic E-state index is 0.199. The molecule has 1 aliphatic carbocycles. The van der Waals surface area contributed by atoms with Crippen molar-refractivity contribution in [2.45, 2.75) is 89.5 Å². The van der Waals surface area contributed by atoms with E-state index < -0.39 is 0 Å². The molecule has 31 heavy (non-hydrogen) atoms. The Bertz CT molecular complexity index is 862. The molecule has 0 unspecified atom stereocenters. The number of allylic oxidation sites excluding steroid dienone is 12. The Morgan fingerprint density at radius 2 is 1.16 bits per heavy atom. The fraction of sp³-hybridized carbons (Fsp3) is 0.567. The van der Waals surface area contributed by atoms with Gasteiger partial charge in [0.05, 0.1) is 0 Å². The predicted octanol–water partition coefficient (Wildman–Crippen LogP) is 8.61. The average molecular weight is 533 g/mol. The van der Waals surface area contributed by atoms with E-state index in [1.54, 1.807) is 7.17 Å². The molecule has 0 saturated carbocycles. The Hall–Kier alpha value is -0.900. The molecule has 2 rings (SSSR count). The van der Waals surface area contributed by atoms with Crippen LogP contribution < -0.4 is 0 Å².